The fourth-order valence-electron chi connectivity index (χ4n) is 2.21. The van der Waals surface area contributed by atoms with Crippen LogP contribution in [0.3, 0.4) is 0 Å². The van der Waals surface area contributed by atoms with Crippen molar-refractivity contribution in [3.05, 3.63) is 45.0 Å². The summed E-state index contributed by atoms with van der Waals surface area (Å²) in [5.41, 5.74) is -0.213. The molecular weight excluding hydrogens is 274 g/mol. The van der Waals surface area contributed by atoms with Gasteiger partial charge >= 0.3 is 5.69 Å². The molecule has 3 heterocycles. The molecule has 0 radical (unpaired) electrons. The van der Waals surface area contributed by atoms with Crippen molar-refractivity contribution in [2.24, 2.45) is 14.1 Å². The van der Waals surface area contributed by atoms with Gasteiger partial charge in [-0.05, 0) is 19.1 Å². The van der Waals surface area contributed by atoms with E-state index >= 15 is 0 Å². The summed E-state index contributed by atoms with van der Waals surface area (Å²) in [5.74, 6) is 1.16. The van der Waals surface area contributed by atoms with Gasteiger partial charge < -0.3 is 14.7 Å². The molecule has 8 nitrogen and oxygen atoms in total. The number of H-pyrrole nitrogens is 1. The van der Waals surface area contributed by atoms with E-state index in [1.165, 1.54) is 11.6 Å². The van der Waals surface area contributed by atoms with Crippen LogP contribution in [0.25, 0.3) is 11.2 Å². The molecule has 3 aromatic rings. The number of fused-ring (bicyclic) bond motifs is 1. The zero-order chi connectivity index (χ0) is 15.1. The molecule has 1 atom stereocenters. The molecule has 0 amide bonds. The molecular formula is C13H15N5O3. The van der Waals surface area contributed by atoms with Crippen molar-refractivity contribution in [1.29, 1.82) is 0 Å². The number of furan rings is 1. The Kier molecular flexibility index (Phi) is 2.93. The minimum Gasteiger partial charge on any atom is -0.467 e. The number of nitrogens with one attached hydrogen (secondary N) is 2. The first kappa shape index (κ1) is 13.2. The summed E-state index contributed by atoms with van der Waals surface area (Å²) >= 11 is 0. The van der Waals surface area contributed by atoms with E-state index in [1.54, 1.807) is 19.4 Å². The highest BCUT2D eigenvalue weighted by atomic mass is 16.3. The monoisotopic (exact) mass is 289 g/mol. The number of anilines is 1. The smallest absolute Gasteiger partial charge is 0.332 e. The molecule has 110 valence electrons. The van der Waals surface area contributed by atoms with Gasteiger partial charge in [0, 0.05) is 14.1 Å². The van der Waals surface area contributed by atoms with E-state index in [2.05, 4.69) is 15.3 Å². The first-order chi connectivity index (χ1) is 9.99. The van der Waals surface area contributed by atoms with Crippen LogP contribution in [0, 0.1) is 0 Å². The van der Waals surface area contributed by atoms with E-state index in [0.29, 0.717) is 11.6 Å². The van der Waals surface area contributed by atoms with Gasteiger partial charge in [-0.25, -0.2) is 4.79 Å². The summed E-state index contributed by atoms with van der Waals surface area (Å²) in [6.45, 7) is 1.91. The Labute approximate surface area is 119 Å². The minimum atomic E-state index is -0.412. The number of hydrogen-bond acceptors (Lipinski definition) is 5. The van der Waals surface area contributed by atoms with Crippen molar-refractivity contribution in [2.45, 2.75) is 13.0 Å². The third-order valence-corrected chi connectivity index (χ3v) is 3.42. The lowest BCUT2D eigenvalue weighted by Crippen LogP contribution is -2.36. The largest absolute Gasteiger partial charge is 0.467 e. The Bertz CT molecular complexity index is 900. The third-order valence-electron chi connectivity index (χ3n) is 3.42. The SMILES string of the molecule is CC(Nc1nc2c([nH]1)c(=O)n(C)c(=O)n2C)c1ccco1. The maximum absolute atomic E-state index is 12.1. The minimum absolute atomic E-state index is 0.124. The van der Waals surface area contributed by atoms with Crippen LogP contribution in [-0.2, 0) is 14.1 Å². The highest BCUT2D eigenvalue weighted by molar-refractivity contribution is 5.72. The molecule has 0 bridgehead atoms. The molecule has 0 fully saturated rings. The summed E-state index contributed by atoms with van der Waals surface area (Å²) in [4.78, 5) is 31.1. The van der Waals surface area contributed by atoms with Crippen LogP contribution < -0.4 is 16.6 Å². The number of nitrogens with zero attached hydrogens (tertiary/aromatic N) is 3. The quantitative estimate of drug-likeness (QED) is 0.740. The first-order valence-corrected chi connectivity index (χ1v) is 6.44. The molecule has 0 aliphatic heterocycles. The summed E-state index contributed by atoms with van der Waals surface area (Å²) < 4.78 is 7.67. The lowest BCUT2D eigenvalue weighted by atomic mass is 10.2. The molecule has 0 saturated heterocycles. The van der Waals surface area contributed by atoms with Crippen LogP contribution >= 0.6 is 0 Å². The number of aromatic nitrogens is 4. The highest BCUT2D eigenvalue weighted by Crippen LogP contribution is 2.18. The van der Waals surface area contributed by atoms with E-state index in [4.69, 9.17) is 4.42 Å². The number of rotatable bonds is 3. The topological polar surface area (TPSA) is 97.9 Å². The predicted octanol–water partition coefficient (Wildman–Crippen LogP) is 0.726. The van der Waals surface area contributed by atoms with E-state index in [1.807, 2.05) is 13.0 Å². The normalized spacial score (nSPS) is 12.7. The molecule has 0 spiro atoms. The first-order valence-electron chi connectivity index (χ1n) is 6.44. The highest BCUT2D eigenvalue weighted by Gasteiger charge is 2.15. The van der Waals surface area contributed by atoms with Crippen LogP contribution in [0.2, 0.25) is 0 Å². The lowest BCUT2D eigenvalue weighted by Gasteiger charge is -2.09. The predicted molar refractivity (Wildman–Crippen MR) is 77.3 cm³/mol. The molecule has 1 unspecified atom stereocenters. The van der Waals surface area contributed by atoms with Crippen molar-refractivity contribution in [2.75, 3.05) is 5.32 Å². The number of aromatic amines is 1. The lowest BCUT2D eigenvalue weighted by molar-refractivity contribution is 0.490. The second-order valence-corrected chi connectivity index (χ2v) is 4.87. The second-order valence-electron chi connectivity index (χ2n) is 4.87. The average molecular weight is 289 g/mol. The Morgan fingerprint density at radius 1 is 1.33 bits per heavy atom. The van der Waals surface area contributed by atoms with E-state index in [0.717, 1.165) is 10.3 Å². The van der Waals surface area contributed by atoms with Gasteiger partial charge in [-0.15, -0.1) is 0 Å². The van der Waals surface area contributed by atoms with Crippen LogP contribution in [-0.4, -0.2) is 19.1 Å². The Morgan fingerprint density at radius 3 is 2.76 bits per heavy atom. The van der Waals surface area contributed by atoms with Gasteiger partial charge in [-0.2, -0.15) is 4.98 Å². The molecule has 8 heteroatoms. The van der Waals surface area contributed by atoms with Crippen molar-refractivity contribution in [1.82, 2.24) is 19.1 Å². The zero-order valence-corrected chi connectivity index (χ0v) is 11.9. The average Bonchev–Trinajstić information content (AvgIpc) is 3.12. The van der Waals surface area contributed by atoms with Gasteiger partial charge in [0.25, 0.3) is 5.56 Å². The van der Waals surface area contributed by atoms with Gasteiger partial charge in [0.1, 0.15) is 5.76 Å². The van der Waals surface area contributed by atoms with Gasteiger partial charge in [0.2, 0.25) is 5.95 Å². The molecule has 0 aliphatic rings. The fourth-order valence-corrected chi connectivity index (χ4v) is 2.21. The van der Waals surface area contributed by atoms with Gasteiger partial charge in [-0.3, -0.25) is 13.9 Å². The molecule has 3 rings (SSSR count). The van der Waals surface area contributed by atoms with Gasteiger partial charge in [-0.1, -0.05) is 0 Å². The molecule has 0 saturated carbocycles. The van der Waals surface area contributed by atoms with E-state index in [-0.39, 0.29) is 11.6 Å². The van der Waals surface area contributed by atoms with E-state index < -0.39 is 11.2 Å². The molecule has 21 heavy (non-hydrogen) atoms. The van der Waals surface area contributed by atoms with Crippen LogP contribution in [0.1, 0.15) is 18.7 Å². The summed E-state index contributed by atoms with van der Waals surface area (Å²) in [5, 5.41) is 3.10. The van der Waals surface area contributed by atoms with Crippen molar-refractivity contribution < 1.29 is 4.42 Å². The van der Waals surface area contributed by atoms with Crippen molar-refractivity contribution in [3.63, 3.8) is 0 Å². The van der Waals surface area contributed by atoms with Crippen LogP contribution in [0.4, 0.5) is 5.95 Å². The number of aryl methyl sites for hydroxylation is 1. The molecule has 3 aromatic heterocycles. The van der Waals surface area contributed by atoms with Gasteiger partial charge in [0.05, 0.1) is 12.3 Å². The van der Waals surface area contributed by atoms with Crippen LogP contribution in [0.5, 0.6) is 0 Å². The Balaban J connectivity index is 2.06. The molecule has 0 aliphatic carbocycles. The van der Waals surface area contributed by atoms with E-state index in [9.17, 15) is 9.59 Å². The zero-order valence-electron chi connectivity index (χ0n) is 11.9. The second kappa shape index (κ2) is 4.65. The number of hydrogen-bond donors (Lipinski definition) is 2. The number of imidazole rings is 1. The third kappa shape index (κ3) is 2.04. The standard InChI is InChI=1S/C13H15N5O3/c1-7(8-5-4-6-21-8)14-12-15-9-10(16-12)17(2)13(20)18(3)11(9)19/h4-7H,1-3H3,(H2,14,15,16). The Hall–Kier alpha value is -2.77. The van der Waals surface area contributed by atoms with Gasteiger partial charge in [0.15, 0.2) is 11.2 Å². The summed E-state index contributed by atoms with van der Waals surface area (Å²) in [6, 6.07) is 3.52. The maximum Gasteiger partial charge on any atom is 0.332 e. The van der Waals surface area contributed by atoms with Crippen molar-refractivity contribution in [3.8, 4) is 0 Å². The van der Waals surface area contributed by atoms with Crippen molar-refractivity contribution >= 4 is 17.1 Å². The molecule has 0 aromatic carbocycles. The Morgan fingerprint density at radius 2 is 2.10 bits per heavy atom. The summed E-state index contributed by atoms with van der Waals surface area (Å²) in [6.07, 6.45) is 1.59. The summed E-state index contributed by atoms with van der Waals surface area (Å²) in [7, 11) is 3.01. The fraction of sp³-hybridized carbons (Fsp3) is 0.308. The maximum atomic E-state index is 12.1. The molecule has 2 N–H and O–H groups in total. The van der Waals surface area contributed by atoms with Crippen LogP contribution in [0.15, 0.2) is 32.4 Å².